The molecule has 1 aromatic carbocycles. The van der Waals surface area contributed by atoms with Crippen molar-refractivity contribution in [2.24, 2.45) is 23.3 Å². The fourth-order valence-electron chi connectivity index (χ4n) is 5.08. The quantitative estimate of drug-likeness (QED) is 0.180. The molecule has 11 nitrogen and oxygen atoms in total. The van der Waals surface area contributed by atoms with Gasteiger partial charge in [0.2, 0.25) is 23.6 Å². The average Bonchev–Trinajstić information content (AvgIpc) is 3.43. The molecule has 0 bridgehead atoms. The monoisotopic (exact) mass is 586 g/mol. The second kappa shape index (κ2) is 17.0. The maximum Gasteiger partial charge on any atom is 0.246 e. The zero-order valence-corrected chi connectivity index (χ0v) is 25.7. The Morgan fingerprint density at radius 3 is 2.21 bits per heavy atom. The standard InChI is InChI=1S/C31H50N6O5/c1-19(2)17-24(33)28(39)35-25(18-22-11-7-6-8-12-22)31(42)37-16-10-14-26(37)29(40)36-27(20(3)4)30(41)34-15-9-13-23(32)21(5)38/h6-8,11-12,19-20,23-27H,9-10,13-18,32-33H2,1-5H3,(H,34,41)(H,35,39)(H,36,40)/t23-,24-,25+,26-,27-/m0/s1. The zero-order chi connectivity index (χ0) is 31.4. The van der Waals surface area contributed by atoms with Gasteiger partial charge >= 0.3 is 0 Å². The molecular formula is C31H50N6O5. The fraction of sp³-hybridized carbons (Fsp3) is 0.645. The Labute approximate surface area is 249 Å². The number of likely N-dealkylation sites (tertiary alicyclic amines) is 1. The SMILES string of the molecule is CC(=O)[C@@H](N)CCCNC(=O)[C@@H](NC(=O)[C@@H]1CCCN1C(=O)[C@@H](Cc1ccccc1)NC(=O)[C@@H](N)CC(C)C)C(C)C. The molecule has 1 saturated heterocycles. The number of Topliss-reactive ketones (excluding diaryl/α,β-unsaturated/α-hetero) is 1. The van der Waals surface area contributed by atoms with Gasteiger partial charge in [-0.15, -0.1) is 0 Å². The van der Waals surface area contributed by atoms with Crippen molar-refractivity contribution < 1.29 is 24.0 Å². The van der Waals surface area contributed by atoms with E-state index in [4.69, 9.17) is 11.5 Å². The molecule has 0 unspecified atom stereocenters. The average molecular weight is 587 g/mol. The van der Waals surface area contributed by atoms with Gasteiger partial charge in [0.1, 0.15) is 23.9 Å². The van der Waals surface area contributed by atoms with E-state index in [2.05, 4.69) is 16.0 Å². The highest BCUT2D eigenvalue weighted by Crippen LogP contribution is 2.21. The second-order valence-electron chi connectivity index (χ2n) is 12.1. The van der Waals surface area contributed by atoms with Gasteiger partial charge in [-0.3, -0.25) is 24.0 Å². The van der Waals surface area contributed by atoms with Crippen LogP contribution >= 0.6 is 0 Å². The number of nitrogens with two attached hydrogens (primary N) is 2. The van der Waals surface area contributed by atoms with Crippen molar-refractivity contribution in [3.8, 4) is 0 Å². The molecule has 1 fully saturated rings. The van der Waals surface area contributed by atoms with Gasteiger partial charge in [0.05, 0.1) is 12.1 Å². The van der Waals surface area contributed by atoms with Gasteiger partial charge in [-0.05, 0) is 56.4 Å². The maximum absolute atomic E-state index is 13.9. The summed E-state index contributed by atoms with van der Waals surface area (Å²) in [4.78, 5) is 66.0. The molecule has 1 aromatic rings. The third kappa shape index (κ3) is 10.8. The summed E-state index contributed by atoms with van der Waals surface area (Å²) in [6.07, 6.45) is 2.80. The van der Waals surface area contributed by atoms with E-state index >= 15 is 0 Å². The first kappa shape index (κ1) is 34.9. The molecule has 4 amide bonds. The lowest BCUT2D eigenvalue weighted by Crippen LogP contribution is -2.58. The Balaban J connectivity index is 2.11. The molecule has 1 aliphatic rings. The number of ketones is 1. The van der Waals surface area contributed by atoms with Crippen LogP contribution < -0.4 is 27.4 Å². The van der Waals surface area contributed by atoms with Gasteiger partial charge in [-0.25, -0.2) is 0 Å². The summed E-state index contributed by atoms with van der Waals surface area (Å²) in [7, 11) is 0. The van der Waals surface area contributed by atoms with Gasteiger partial charge in [-0.1, -0.05) is 58.0 Å². The van der Waals surface area contributed by atoms with Crippen LogP contribution in [0.15, 0.2) is 30.3 Å². The minimum atomic E-state index is -0.892. The summed E-state index contributed by atoms with van der Waals surface area (Å²) in [5.41, 5.74) is 12.7. The summed E-state index contributed by atoms with van der Waals surface area (Å²) in [6, 6.07) is 5.60. The molecule has 42 heavy (non-hydrogen) atoms. The molecule has 0 spiro atoms. The number of hydrogen-bond donors (Lipinski definition) is 5. The lowest BCUT2D eigenvalue weighted by molar-refractivity contribution is -0.142. The lowest BCUT2D eigenvalue weighted by Gasteiger charge is -2.31. The number of rotatable bonds is 16. The Bertz CT molecular complexity index is 1060. The minimum Gasteiger partial charge on any atom is -0.354 e. The molecule has 1 aliphatic heterocycles. The number of benzene rings is 1. The Morgan fingerprint density at radius 2 is 1.62 bits per heavy atom. The number of nitrogens with zero attached hydrogens (tertiary/aromatic N) is 1. The van der Waals surface area contributed by atoms with Gasteiger partial charge in [0, 0.05) is 19.5 Å². The van der Waals surface area contributed by atoms with Crippen LogP contribution in [0, 0.1) is 11.8 Å². The summed E-state index contributed by atoms with van der Waals surface area (Å²) >= 11 is 0. The first-order valence-electron chi connectivity index (χ1n) is 15.1. The molecule has 2 rings (SSSR count). The predicted molar refractivity (Wildman–Crippen MR) is 162 cm³/mol. The summed E-state index contributed by atoms with van der Waals surface area (Å²) in [6.45, 7) is 9.74. The predicted octanol–water partition coefficient (Wildman–Crippen LogP) is 1.03. The first-order valence-corrected chi connectivity index (χ1v) is 15.1. The second-order valence-corrected chi connectivity index (χ2v) is 12.1. The highest BCUT2D eigenvalue weighted by atomic mass is 16.2. The first-order chi connectivity index (χ1) is 19.8. The van der Waals surface area contributed by atoms with Crippen LogP contribution in [0.25, 0.3) is 0 Å². The Hall–Kier alpha value is -3.31. The fourth-order valence-corrected chi connectivity index (χ4v) is 5.08. The molecular weight excluding hydrogens is 536 g/mol. The van der Waals surface area contributed by atoms with E-state index in [0.717, 1.165) is 5.56 Å². The van der Waals surface area contributed by atoms with Crippen LogP contribution in [0.4, 0.5) is 0 Å². The highest BCUT2D eigenvalue weighted by molar-refractivity contribution is 5.95. The van der Waals surface area contributed by atoms with Gasteiger partial charge in [0.25, 0.3) is 0 Å². The summed E-state index contributed by atoms with van der Waals surface area (Å²) in [5.74, 6) is -1.59. The van der Waals surface area contributed by atoms with Gasteiger partial charge in [0.15, 0.2) is 0 Å². The van der Waals surface area contributed by atoms with Crippen LogP contribution in [-0.2, 0) is 30.4 Å². The van der Waals surface area contributed by atoms with E-state index in [1.807, 2.05) is 58.0 Å². The number of amides is 4. The third-order valence-corrected chi connectivity index (χ3v) is 7.56. The molecule has 1 heterocycles. The number of nitrogens with one attached hydrogen (secondary N) is 3. The molecule has 0 aromatic heterocycles. The topological polar surface area (TPSA) is 177 Å². The van der Waals surface area contributed by atoms with Crippen LogP contribution in [0.3, 0.4) is 0 Å². The van der Waals surface area contributed by atoms with E-state index in [9.17, 15) is 24.0 Å². The van der Waals surface area contributed by atoms with Gasteiger partial charge in [-0.2, -0.15) is 0 Å². The van der Waals surface area contributed by atoms with Crippen molar-refractivity contribution in [1.82, 2.24) is 20.9 Å². The van der Waals surface area contributed by atoms with E-state index in [1.54, 1.807) is 0 Å². The highest BCUT2D eigenvalue weighted by Gasteiger charge is 2.39. The third-order valence-electron chi connectivity index (χ3n) is 7.56. The lowest BCUT2D eigenvalue weighted by atomic mass is 10.0. The zero-order valence-electron chi connectivity index (χ0n) is 25.7. The van der Waals surface area contributed by atoms with E-state index < -0.39 is 42.0 Å². The van der Waals surface area contributed by atoms with Crippen LogP contribution in [0.5, 0.6) is 0 Å². The minimum absolute atomic E-state index is 0.103. The maximum atomic E-state index is 13.9. The summed E-state index contributed by atoms with van der Waals surface area (Å²) < 4.78 is 0. The molecule has 0 radical (unpaired) electrons. The summed E-state index contributed by atoms with van der Waals surface area (Å²) in [5, 5.41) is 8.51. The van der Waals surface area contributed by atoms with Crippen molar-refractivity contribution in [2.45, 2.75) is 103 Å². The van der Waals surface area contributed by atoms with Crippen LogP contribution in [0.1, 0.15) is 72.3 Å². The molecule has 234 valence electrons. The van der Waals surface area contributed by atoms with E-state index in [1.165, 1.54) is 11.8 Å². The van der Waals surface area contributed by atoms with Crippen LogP contribution in [-0.4, -0.2) is 77.6 Å². The molecule has 0 aliphatic carbocycles. The number of carbonyl (C=O) groups excluding carboxylic acids is 5. The molecule has 7 N–H and O–H groups in total. The number of carbonyl (C=O) groups is 5. The van der Waals surface area contributed by atoms with Crippen molar-refractivity contribution in [3.63, 3.8) is 0 Å². The smallest absolute Gasteiger partial charge is 0.246 e. The molecule has 11 heteroatoms. The molecule has 5 atom stereocenters. The van der Waals surface area contributed by atoms with E-state index in [0.29, 0.717) is 45.2 Å². The van der Waals surface area contributed by atoms with Gasteiger partial charge < -0.3 is 32.3 Å². The number of hydrogen-bond acceptors (Lipinski definition) is 7. The largest absolute Gasteiger partial charge is 0.354 e. The Kier molecular flexibility index (Phi) is 14.1. The van der Waals surface area contributed by atoms with Crippen LogP contribution in [0.2, 0.25) is 0 Å². The molecule has 0 saturated carbocycles. The van der Waals surface area contributed by atoms with Crippen molar-refractivity contribution in [2.75, 3.05) is 13.1 Å². The van der Waals surface area contributed by atoms with E-state index in [-0.39, 0.29) is 35.9 Å². The normalized spacial score (nSPS) is 17.8. The Morgan fingerprint density at radius 1 is 0.952 bits per heavy atom. The van der Waals surface area contributed by atoms with Crippen molar-refractivity contribution >= 4 is 29.4 Å². The van der Waals surface area contributed by atoms with Crippen molar-refractivity contribution in [3.05, 3.63) is 35.9 Å². The van der Waals surface area contributed by atoms with Crippen molar-refractivity contribution in [1.29, 1.82) is 0 Å².